The number of benzene rings is 4. The van der Waals surface area contributed by atoms with Gasteiger partial charge >= 0.3 is 5.97 Å². The molecule has 196 valence electrons. The number of aryl methyl sites for hydroxylation is 2. The molecule has 0 saturated carbocycles. The van der Waals surface area contributed by atoms with Crippen molar-refractivity contribution in [3.05, 3.63) is 113 Å². The second-order valence-electron chi connectivity index (χ2n) is 10.1. The number of carbonyl (C=O) groups is 1. The Hall–Kier alpha value is -4.03. The number of fused-ring (bicyclic) bond motifs is 1. The predicted octanol–water partition coefficient (Wildman–Crippen LogP) is 8.72. The van der Waals surface area contributed by atoms with E-state index < -0.39 is 6.67 Å². The first-order chi connectivity index (χ1) is 19.1. The fourth-order valence-corrected chi connectivity index (χ4v) is 6.10. The van der Waals surface area contributed by atoms with Crippen LogP contribution >= 0.6 is 11.3 Å². The predicted molar refractivity (Wildman–Crippen MR) is 156 cm³/mol. The van der Waals surface area contributed by atoms with Crippen LogP contribution in [0, 0.1) is 12.8 Å². The largest absolute Gasteiger partial charge is 0.457 e. The quantitative estimate of drug-likeness (QED) is 0.202. The SMILES string of the molecule is Cc1cc(-c2ccc(C3CC(CCc4ccccc4)C(=O)O3)cc2)ccc1Nc1nc2ccc(CF)cc2s1. The maximum Gasteiger partial charge on any atom is 0.309 e. The zero-order chi connectivity index (χ0) is 26.8. The number of thiazole rings is 1. The highest BCUT2D eigenvalue weighted by molar-refractivity contribution is 7.22. The topological polar surface area (TPSA) is 51.2 Å². The molecule has 1 aliphatic heterocycles. The molecule has 4 nitrogen and oxygen atoms in total. The summed E-state index contributed by atoms with van der Waals surface area (Å²) in [5.41, 5.74) is 8.13. The summed E-state index contributed by atoms with van der Waals surface area (Å²) in [6, 6.07) is 30.4. The van der Waals surface area contributed by atoms with E-state index in [0.717, 1.165) is 62.6 Å². The van der Waals surface area contributed by atoms with Crippen LogP contribution < -0.4 is 5.32 Å². The van der Waals surface area contributed by atoms with E-state index in [1.807, 2.05) is 30.3 Å². The Morgan fingerprint density at radius 1 is 0.949 bits per heavy atom. The Labute approximate surface area is 231 Å². The van der Waals surface area contributed by atoms with Gasteiger partial charge < -0.3 is 10.1 Å². The van der Waals surface area contributed by atoms with Crippen LogP contribution in [0.3, 0.4) is 0 Å². The van der Waals surface area contributed by atoms with Crippen molar-refractivity contribution in [2.24, 2.45) is 5.92 Å². The van der Waals surface area contributed by atoms with E-state index >= 15 is 0 Å². The molecule has 2 atom stereocenters. The third kappa shape index (κ3) is 5.57. The maximum atomic E-state index is 13.0. The molecule has 0 aliphatic carbocycles. The van der Waals surface area contributed by atoms with Crippen LogP contribution in [-0.2, 0) is 22.6 Å². The molecule has 0 spiro atoms. The van der Waals surface area contributed by atoms with Crippen LogP contribution in [0.2, 0.25) is 0 Å². The molecule has 6 rings (SSSR count). The number of alkyl halides is 1. The van der Waals surface area contributed by atoms with Crippen LogP contribution in [0.5, 0.6) is 0 Å². The highest BCUT2D eigenvalue weighted by Gasteiger charge is 2.34. The molecule has 1 aliphatic rings. The number of carbonyl (C=O) groups excluding carboxylic acids is 1. The highest BCUT2D eigenvalue weighted by Crippen LogP contribution is 2.37. The van der Waals surface area contributed by atoms with E-state index in [2.05, 4.69) is 71.8 Å². The molecular formula is C33H29FN2O2S. The first kappa shape index (κ1) is 25.3. The molecule has 6 heteroatoms. The monoisotopic (exact) mass is 536 g/mol. The molecular weight excluding hydrogens is 507 g/mol. The lowest BCUT2D eigenvalue weighted by atomic mass is 9.93. The summed E-state index contributed by atoms with van der Waals surface area (Å²) < 4.78 is 19.7. The van der Waals surface area contributed by atoms with E-state index in [9.17, 15) is 9.18 Å². The molecule has 39 heavy (non-hydrogen) atoms. The Bertz CT molecular complexity index is 1610. The first-order valence-electron chi connectivity index (χ1n) is 13.2. The molecule has 0 amide bonds. The van der Waals surface area contributed by atoms with E-state index in [-0.39, 0.29) is 18.0 Å². The summed E-state index contributed by atoms with van der Waals surface area (Å²) >= 11 is 1.52. The fraction of sp³-hybridized carbons (Fsp3) is 0.212. The number of nitrogens with zero attached hydrogens (tertiary/aromatic N) is 1. The molecule has 2 unspecified atom stereocenters. The maximum absolute atomic E-state index is 13.0. The summed E-state index contributed by atoms with van der Waals surface area (Å²) in [5, 5.41) is 4.20. The van der Waals surface area contributed by atoms with Crippen molar-refractivity contribution in [3.63, 3.8) is 0 Å². The average molecular weight is 537 g/mol. The number of rotatable bonds is 8. The van der Waals surface area contributed by atoms with Crippen LogP contribution in [0.25, 0.3) is 21.3 Å². The molecule has 4 aromatic carbocycles. The Balaban J connectivity index is 1.11. The molecule has 1 fully saturated rings. The average Bonchev–Trinajstić information content (AvgIpc) is 3.55. The van der Waals surface area contributed by atoms with E-state index in [1.54, 1.807) is 6.07 Å². The number of hydrogen-bond donors (Lipinski definition) is 1. The molecule has 0 radical (unpaired) electrons. The minimum atomic E-state index is -0.473. The molecule has 1 aromatic heterocycles. The van der Waals surface area contributed by atoms with Crippen molar-refractivity contribution in [2.75, 3.05) is 5.32 Å². The molecule has 5 aromatic rings. The molecule has 1 N–H and O–H groups in total. The highest BCUT2D eigenvalue weighted by atomic mass is 32.1. The van der Waals surface area contributed by atoms with Gasteiger partial charge in [0.05, 0.1) is 16.1 Å². The molecule has 0 bridgehead atoms. The lowest BCUT2D eigenvalue weighted by molar-refractivity contribution is -0.144. The van der Waals surface area contributed by atoms with Gasteiger partial charge in [-0.15, -0.1) is 0 Å². The Morgan fingerprint density at radius 3 is 2.51 bits per heavy atom. The van der Waals surface area contributed by atoms with Gasteiger partial charge in [-0.1, -0.05) is 78.1 Å². The van der Waals surface area contributed by atoms with Crippen molar-refractivity contribution in [2.45, 2.75) is 39.0 Å². The molecule has 1 saturated heterocycles. The van der Waals surface area contributed by atoms with Gasteiger partial charge in [0.1, 0.15) is 12.8 Å². The van der Waals surface area contributed by atoms with E-state index in [1.165, 1.54) is 16.9 Å². The van der Waals surface area contributed by atoms with Crippen molar-refractivity contribution in [3.8, 4) is 11.1 Å². The van der Waals surface area contributed by atoms with Crippen molar-refractivity contribution in [1.82, 2.24) is 4.98 Å². The summed E-state index contributed by atoms with van der Waals surface area (Å²) in [6.07, 6.45) is 2.24. The summed E-state index contributed by atoms with van der Waals surface area (Å²) in [5.74, 6) is -0.145. The van der Waals surface area contributed by atoms with Gasteiger partial charge in [-0.3, -0.25) is 4.79 Å². The van der Waals surface area contributed by atoms with Gasteiger partial charge in [0.25, 0.3) is 0 Å². The zero-order valence-electron chi connectivity index (χ0n) is 21.7. The Morgan fingerprint density at radius 2 is 1.74 bits per heavy atom. The van der Waals surface area contributed by atoms with E-state index in [0.29, 0.717) is 5.56 Å². The number of esters is 1. The fourth-order valence-electron chi connectivity index (χ4n) is 5.16. The third-order valence-electron chi connectivity index (χ3n) is 7.41. The minimum Gasteiger partial charge on any atom is -0.457 e. The zero-order valence-corrected chi connectivity index (χ0v) is 22.5. The van der Waals surface area contributed by atoms with Crippen LogP contribution in [0.4, 0.5) is 15.2 Å². The Kier molecular flexibility index (Phi) is 7.12. The standard InChI is InChI=1S/C33H29FN2O2S/c1-21-17-26(14-16-28(21)35-33-36-29-15-8-23(20-34)18-31(29)39-33)24-10-12-25(13-11-24)30-19-27(32(37)38-30)9-7-22-5-3-2-4-6-22/h2-6,8,10-18,27,30H,7,9,19-20H2,1H3,(H,35,36). The number of aromatic nitrogens is 1. The second-order valence-corrected chi connectivity index (χ2v) is 11.1. The minimum absolute atomic E-state index is 0.0567. The van der Waals surface area contributed by atoms with Crippen LogP contribution in [0.15, 0.2) is 91.0 Å². The number of cyclic esters (lactones) is 1. The van der Waals surface area contributed by atoms with Crippen LogP contribution in [-0.4, -0.2) is 11.0 Å². The lowest BCUT2D eigenvalue weighted by Gasteiger charge is -2.12. The number of halogens is 1. The first-order valence-corrected chi connectivity index (χ1v) is 14.1. The third-order valence-corrected chi connectivity index (χ3v) is 8.34. The van der Waals surface area contributed by atoms with Crippen molar-refractivity contribution >= 4 is 38.3 Å². The normalized spacial score (nSPS) is 16.9. The van der Waals surface area contributed by atoms with Crippen LogP contribution in [0.1, 0.15) is 41.2 Å². The van der Waals surface area contributed by atoms with Gasteiger partial charge in [-0.05, 0) is 77.4 Å². The summed E-state index contributed by atoms with van der Waals surface area (Å²) in [4.78, 5) is 17.1. The summed E-state index contributed by atoms with van der Waals surface area (Å²) in [6.45, 7) is 1.60. The number of anilines is 2. The van der Waals surface area contributed by atoms with Gasteiger partial charge in [-0.25, -0.2) is 9.37 Å². The van der Waals surface area contributed by atoms with Crippen molar-refractivity contribution in [1.29, 1.82) is 0 Å². The lowest BCUT2D eigenvalue weighted by Crippen LogP contribution is -2.08. The number of nitrogens with one attached hydrogen (secondary N) is 1. The number of hydrogen-bond acceptors (Lipinski definition) is 5. The van der Waals surface area contributed by atoms with E-state index in [4.69, 9.17) is 4.74 Å². The second kappa shape index (κ2) is 11.0. The number of ether oxygens (including phenoxy) is 1. The molecule has 2 heterocycles. The van der Waals surface area contributed by atoms with Gasteiger partial charge in [0.2, 0.25) is 0 Å². The van der Waals surface area contributed by atoms with Gasteiger partial charge in [-0.2, -0.15) is 0 Å². The van der Waals surface area contributed by atoms with Gasteiger partial charge in [0.15, 0.2) is 5.13 Å². The van der Waals surface area contributed by atoms with Gasteiger partial charge in [0, 0.05) is 12.1 Å². The summed E-state index contributed by atoms with van der Waals surface area (Å²) in [7, 11) is 0. The van der Waals surface area contributed by atoms with Crippen molar-refractivity contribution < 1.29 is 13.9 Å². The smallest absolute Gasteiger partial charge is 0.309 e.